The van der Waals surface area contributed by atoms with Gasteiger partial charge in [0.05, 0.1) is 0 Å². The van der Waals surface area contributed by atoms with Crippen LogP contribution < -0.4 is 5.73 Å². The van der Waals surface area contributed by atoms with Crippen LogP contribution in [0, 0.1) is 0 Å². The summed E-state index contributed by atoms with van der Waals surface area (Å²) >= 11 is 5.56. The summed E-state index contributed by atoms with van der Waals surface area (Å²) in [5, 5.41) is 0.504. The van der Waals surface area contributed by atoms with Gasteiger partial charge < -0.3 is 5.73 Å². The van der Waals surface area contributed by atoms with Crippen molar-refractivity contribution in [2.45, 2.75) is 13.0 Å². The number of halogens is 1. The molecule has 0 fully saturated rings. The molecule has 54 valence electrons. The molecule has 1 atom stereocenters. The van der Waals surface area contributed by atoms with Gasteiger partial charge in [0, 0.05) is 12.2 Å². The third-order valence-electron chi connectivity index (χ3n) is 1.28. The molecule has 2 nitrogen and oxygen atoms in total. The lowest BCUT2D eigenvalue weighted by atomic mass is 10.2. The first kappa shape index (κ1) is 7.51. The topological polar surface area (TPSA) is 38.9 Å². The zero-order chi connectivity index (χ0) is 7.56. The van der Waals surface area contributed by atoms with E-state index in [0.29, 0.717) is 5.15 Å². The summed E-state index contributed by atoms with van der Waals surface area (Å²) in [6.07, 6.45) is 1.69. The monoisotopic (exact) mass is 156 g/mol. The summed E-state index contributed by atoms with van der Waals surface area (Å²) in [6.45, 7) is 1.91. The zero-order valence-electron chi connectivity index (χ0n) is 5.71. The zero-order valence-corrected chi connectivity index (χ0v) is 6.47. The molecule has 1 aromatic heterocycles. The SMILES string of the molecule is C[C@H](N)c1ccc(Cl)nc1. The smallest absolute Gasteiger partial charge is 0.129 e. The summed E-state index contributed by atoms with van der Waals surface area (Å²) in [4.78, 5) is 3.89. The molecule has 0 aliphatic heterocycles. The van der Waals surface area contributed by atoms with Crippen LogP contribution in [-0.2, 0) is 0 Å². The van der Waals surface area contributed by atoms with Gasteiger partial charge in [-0.25, -0.2) is 4.98 Å². The van der Waals surface area contributed by atoms with E-state index in [4.69, 9.17) is 17.3 Å². The highest BCUT2D eigenvalue weighted by Crippen LogP contribution is 2.10. The third-order valence-corrected chi connectivity index (χ3v) is 1.50. The van der Waals surface area contributed by atoms with Crippen molar-refractivity contribution < 1.29 is 0 Å². The third kappa shape index (κ3) is 1.69. The molecule has 0 aliphatic rings. The lowest BCUT2D eigenvalue weighted by molar-refractivity contribution is 0.812. The van der Waals surface area contributed by atoms with Gasteiger partial charge in [-0.3, -0.25) is 0 Å². The maximum atomic E-state index is 5.58. The predicted octanol–water partition coefficient (Wildman–Crippen LogP) is 1.75. The number of nitrogens with zero attached hydrogens (tertiary/aromatic N) is 1. The van der Waals surface area contributed by atoms with Gasteiger partial charge in [-0.15, -0.1) is 0 Å². The molecule has 0 aliphatic carbocycles. The highest BCUT2D eigenvalue weighted by molar-refractivity contribution is 6.29. The van der Waals surface area contributed by atoms with Gasteiger partial charge in [0.2, 0.25) is 0 Å². The largest absolute Gasteiger partial charge is 0.324 e. The minimum Gasteiger partial charge on any atom is -0.324 e. The van der Waals surface area contributed by atoms with Crippen LogP contribution in [0.3, 0.4) is 0 Å². The van der Waals surface area contributed by atoms with Crippen molar-refractivity contribution in [1.29, 1.82) is 0 Å². The summed E-state index contributed by atoms with van der Waals surface area (Å²) in [6, 6.07) is 3.64. The Labute approximate surface area is 65.0 Å². The average Bonchev–Trinajstić information content (AvgIpc) is 1.88. The van der Waals surface area contributed by atoms with E-state index < -0.39 is 0 Å². The van der Waals surface area contributed by atoms with Gasteiger partial charge in [0.1, 0.15) is 5.15 Å². The maximum absolute atomic E-state index is 5.58. The van der Waals surface area contributed by atoms with E-state index in [-0.39, 0.29) is 6.04 Å². The first-order chi connectivity index (χ1) is 4.70. The van der Waals surface area contributed by atoms with Gasteiger partial charge in [0.25, 0.3) is 0 Å². The molecule has 0 bridgehead atoms. The molecular weight excluding hydrogens is 148 g/mol. The normalized spacial score (nSPS) is 13.1. The molecule has 2 N–H and O–H groups in total. The minimum absolute atomic E-state index is 0.0322. The molecule has 0 saturated heterocycles. The van der Waals surface area contributed by atoms with E-state index >= 15 is 0 Å². The Morgan fingerprint density at radius 2 is 2.30 bits per heavy atom. The Kier molecular flexibility index (Phi) is 2.25. The molecule has 1 heterocycles. The number of nitrogens with two attached hydrogens (primary N) is 1. The number of aromatic nitrogens is 1. The second kappa shape index (κ2) is 2.99. The van der Waals surface area contributed by atoms with Crippen LogP contribution >= 0.6 is 11.6 Å². The lowest BCUT2D eigenvalue weighted by Crippen LogP contribution is -2.04. The summed E-state index contributed by atoms with van der Waals surface area (Å²) < 4.78 is 0. The Morgan fingerprint density at radius 1 is 1.60 bits per heavy atom. The van der Waals surface area contributed by atoms with Crippen molar-refractivity contribution in [3.63, 3.8) is 0 Å². The van der Waals surface area contributed by atoms with Crippen LogP contribution in [0.4, 0.5) is 0 Å². The van der Waals surface area contributed by atoms with Crippen LogP contribution in [0.25, 0.3) is 0 Å². The molecule has 0 aromatic carbocycles. The van der Waals surface area contributed by atoms with E-state index in [2.05, 4.69) is 4.98 Å². The fraction of sp³-hybridized carbons (Fsp3) is 0.286. The van der Waals surface area contributed by atoms with Crippen LogP contribution in [0.2, 0.25) is 5.15 Å². The van der Waals surface area contributed by atoms with Gasteiger partial charge >= 0.3 is 0 Å². The van der Waals surface area contributed by atoms with Crippen molar-refractivity contribution in [3.05, 3.63) is 29.0 Å². The Hall–Kier alpha value is -0.600. The van der Waals surface area contributed by atoms with E-state index in [0.717, 1.165) is 5.56 Å². The highest BCUT2D eigenvalue weighted by Gasteiger charge is 1.97. The van der Waals surface area contributed by atoms with E-state index in [1.807, 2.05) is 13.0 Å². The Morgan fingerprint density at radius 3 is 2.70 bits per heavy atom. The van der Waals surface area contributed by atoms with Crippen molar-refractivity contribution in [2.75, 3.05) is 0 Å². The van der Waals surface area contributed by atoms with Crippen molar-refractivity contribution in [2.24, 2.45) is 5.73 Å². The summed E-state index contributed by atoms with van der Waals surface area (Å²) in [5.41, 5.74) is 6.58. The van der Waals surface area contributed by atoms with Crippen LogP contribution in [-0.4, -0.2) is 4.98 Å². The Bertz CT molecular complexity index is 205. The molecule has 0 unspecified atom stereocenters. The van der Waals surface area contributed by atoms with Gasteiger partial charge in [-0.1, -0.05) is 17.7 Å². The second-order valence-corrected chi connectivity index (χ2v) is 2.59. The molecule has 10 heavy (non-hydrogen) atoms. The van der Waals surface area contributed by atoms with Crippen LogP contribution in [0.5, 0.6) is 0 Å². The fourth-order valence-electron chi connectivity index (χ4n) is 0.657. The Balaban J connectivity index is 2.89. The standard InChI is InChI=1S/C7H9ClN2/c1-5(9)6-2-3-7(8)10-4-6/h2-5H,9H2,1H3/t5-/m0/s1. The molecule has 1 aromatic rings. The van der Waals surface area contributed by atoms with Crippen LogP contribution in [0.1, 0.15) is 18.5 Å². The molecule has 1 rings (SSSR count). The lowest BCUT2D eigenvalue weighted by Gasteiger charge is -2.02. The van der Waals surface area contributed by atoms with Crippen LogP contribution in [0.15, 0.2) is 18.3 Å². The molecular formula is C7H9ClN2. The molecule has 0 radical (unpaired) electrons. The minimum atomic E-state index is 0.0322. The fourth-order valence-corrected chi connectivity index (χ4v) is 0.768. The number of hydrogen-bond donors (Lipinski definition) is 1. The number of hydrogen-bond acceptors (Lipinski definition) is 2. The first-order valence-electron chi connectivity index (χ1n) is 3.07. The molecule has 3 heteroatoms. The van der Waals surface area contributed by atoms with Crippen molar-refractivity contribution >= 4 is 11.6 Å². The van der Waals surface area contributed by atoms with Gasteiger partial charge in [0.15, 0.2) is 0 Å². The summed E-state index contributed by atoms with van der Waals surface area (Å²) in [5.74, 6) is 0. The van der Waals surface area contributed by atoms with Crippen molar-refractivity contribution in [3.8, 4) is 0 Å². The molecule has 0 amide bonds. The van der Waals surface area contributed by atoms with Gasteiger partial charge in [-0.05, 0) is 18.6 Å². The van der Waals surface area contributed by atoms with E-state index in [1.54, 1.807) is 12.3 Å². The van der Waals surface area contributed by atoms with E-state index in [1.165, 1.54) is 0 Å². The summed E-state index contributed by atoms with van der Waals surface area (Å²) in [7, 11) is 0. The second-order valence-electron chi connectivity index (χ2n) is 2.20. The predicted molar refractivity (Wildman–Crippen MR) is 41.8 cm³/mol. The first-order valence-corrected chi connectivity index (χ1v) is 3.45. The van der Waals surface area contributed by atoms with Gasteiger partial charge in [-0.2, -0.15) is 0 Å². The quantitative estimate of drug-likeness (QED) is 0.630. The molecule has 0 saturated carbocycles. The maximum Gasteiger partial charge on any atom is 0.129 e. The highest BCUT2D eigenvalue weighted by atomic mass is 35.5. The number of rotatable bonds is 1. The van der Waals surface area contributed by atoms with E-state index in [9.17, 15) is 0 Å². The average molecular weight is 157 g/mol. The number of pyridine rings is 1. The van der Waals surface area contributed by atoms with Crippen molar-refractivity contribution in [1.82, 2.24) is 4.98 Å². The molecule has 0 spiro atoms.